The van der Waals surface area contributed by atoms with Crippen LogP contribution in [0.2, 0.25) is 0 Å². The van der Waals surface area contributed by atoms with E-state index in [9.17, 15) is 31.0 Å². The molecule has 0 aliphatic carbocycles. The largest absolute Gasteiger partial charge is 1.00 e. The maximum atomic E-state index is 11.5. The summed E-state index contributed by atoms with van der Waals surface area (Å²) in [5, 5.41) is 18.1. The normalized spacial score (nSPS) is 11.9. The number of hydrogen-bond donors (Lipinski definition) is 1. The molecule has 0 spiro atoms. The zero-order chi connectivity index (χ0) is 21.6. The Morgan fingerprint density at radius 2 is 1.42 bits per heavy atom. The molecule has 0 saturated carbocycles. The Labute approximate surface area is 223 Å². The first-order chi connectivity index (χ1) is 13.4. The number of phenolic OH excluding ortho intramolecular Hbond substituents is 1. The first kappa shape index (κ1) is 28.2. The predicted molar refractivity (Wildman–Crippen MR) is 102 cm³/mol. The summed E-state index contributed by atoms with van der Waals surface area (Å²) in [6.45, 7) is 3.18. The number of phenols is 1. The summed E-state index contributed by atoms with van der Waals surface area (Å²) >= 11 is 0. The standard InChI is InChI=1S/C18H16N2O7S2.2Na/c1-10-8-11(2)17(16(9-10)29(25,26)27)20-19-14-7-6-12-13(18(14)21)4-3-5-15(12)28(22,23)24;;/h3-9,21H,1-2H3,(H,22,23,24)(H,25,26,27);;/q;2*+1/p-2. The molecule has 0 saturated heterocycles. The SMILES string of the molecule is Cc1cc(C)c(N=Nc2ccc3c(S(=O)(=O)[O-])cccc3c2O)c(S(=O)(=O)[O-])c1.[Na+].[Na+]. The monoisotopic (exact) mass is 480 g/mol. The molecule has 0 unspecified atom stereocenters. The molecule has 0 atom stereocenters. The second-order valence-corrected chi connectivity index (χ2v) is 9.02. The van der Waals surface area contributed by atoms with E-state index in [0.29, 0.717) is 11.1 Å². The van der Waals surface area contributed by atoms with Crippen molar-refractivity contribution in [3.8, 4) is 5.75 Å². The van der Waals surface area contributed by atoms with Crippen LogP contribution < -0.4 is 59.1 Å². The molecule has 0 amide bonds. The molecular formula is C18H14N2Na2O7S2. The van der Waals surface area contributed by atoms with Crippen molar-refractivity contribution in [2.45, 2.75) is 23.6 Å². The van der Waals surface area contributed by atoms with Crippen LogP contribution in [0.25, 0.3) is 10.8 Å². The Bertz CT molecular complexity index is 1390. The first-order valence-corrected chi connectivity index (χ1v) is 10.9. The van der Waals surface area contributed by atoms with Gasteiger partial charge in [-0.25, -0.2) is 16.8 Å². The molecule has 3 aromatic carbocycles. The van der Waals surface area contributed by atoms with Gasteiger partial charge in [-0.05, 0) is 43.2 Å². The van der Waals surface area contributed by atoms with Gasteiger partial charge in [0.15, 0.2) is 5.75 Å². The molecule has 0 heterocycles. The van der Waals surface area contributed by atoms with Gasteiger partial charge in [-0.1, -0.05) is 24.3 Å². The van der Waals surface area contributed by atoms with Gasteiger partial charge in [-0.3, -0.25) is 0 Å². The molecule has 0 aliphatic heterocycles. The summed E-state index contributed by atoms with van der Waals surface area (Å²) in [7, 11) is -9.58. The third kappa shape index (κ3) is 6.14. The maximum absolute atomic E-state index is 11.5. The number of rotatable bonds is 4. The van der Waals surface area contributed by atoms with Crippen LogP contribution >= 0.6 is 0 Å². The van der Waals surface area contributed by atoms with E-state index in [1.807, 2.05) is 0 Å². The van der Waals surface area contributed by atoms with Crippen molar-refractivity contribution in [2.75, 3.05) is 0 Å². The fourth-order valence-electron chi connectivity index (χ4n) is 2.94. The van der Waals surface area contributed by atoms with E-state index < -0.39 is 35.8 Å². The minimum Gasteiger partial charge on any atom is -0.744 e. The van der Waals surface area contributed by atoms with Crippen molar-refractivity contribution in [1.82, 2.24) is 0 Å². The molecule has 152 valence electrons. The fourth-order valence-corrected chi connectivity index (χ4v) is 4.41. The van der Waals surface area contributed by atoms with Gasteiger partial charge in [0.25, 0.3) is 0 Å². The van der Waals surface area contributed by atoms with Gasteiger partial charge in [0.2, 0.25) is 0 Å². The second kappa shape index (κ2) is 10.4. The van der Waals surface area contributed by atoms with E-state index in [2.05, 4.69) is 10.2 Å². The van der Waals surface area contributed by atoms with Crippen LogP contribution in [0.5, 0.6) is 5.75 Å². The van der Waals surface area contributed by atoms with Gasteiger partial charge in [0.05, 0.1) is 9.79 Å². The second-order valence-electron chi connectivity index (χ2n) is 6.32. The number of nitrogens with zero attached hydrogens (tertiary/aromatic N) is 2. The molecule has 3 aromatic rings. The van der Waals surface area contributed by atoms with Crippen molar-refractivity contribution in [3.63, 3.8) is 0 Å². The van der Waals surface area contributed by atoms with Gasteiger partial charge in [-0.15, -0.1) is 10.2 Å². The molecule has 31 heavy (non-hydrogen) atoms. The minimum absolute atomic E-state index is 0. The van der Waals surface area contributed by atoms with E-state index in [1.165, 1.54) is 30.3 Å². The number of aryl methyl sites for hydroxylation is 2. The molecule has 0 aromatic heterocycles. The number of benzene rings is 3. The third-order valence-electron chi connectivity index (χ3n) is 4.18. The maximum Gasteiger partial charge on any atom is 1.00 e. The van der Waals surface area contributed by atoms with E-state index in [4.69, 9.17) is 0 Å². The zero-order valence-electron chi connectivity index (χ0n) is 17.1. The van der Waals surface area contributed by atoms with Gasteiger partial charge in [0.1, 0.15) is 31.6 Å². The molecule has 0 aliphatic rings. The van der Waals surface area contributed by atoms with Gasteiger partial charge in [-0.2, -0.15) is 0 Å². The predicted octanol–water partition coefficient (Wildman–Crippen LogP) is -2.61. The quantitative estimate of drug-likeness (QED) is 0.243. The van der Waals surface area contributed by atoms with Gasteiger partial charge >= 0.3 is 59.1 Å². The Kier molecular flexibility index (Phi) is 9.44. The van der Waals surface area contributed by atoms with Crippen LogP contribution in [0, 0.1) is 13.8 Å². The van der Waals surface area contributed by atoms with Crippen LogP contribution in [0.4, 0.5) is 11.4 Å². The summed E-state index contributed by atoms with van der Waals surface area (Å²) in [5.41, 5.74) is 0.673. The summed E-state index contributed by atoms with van der Waals surface area (Å²) in [6, 6.07) is 9.10. The molecular weight excluding hydrogens is 466 g/mol. The Balaban J connectivity index is 0.00000240. The summed E-state index contributed by atoms with van der Waals surface area (Å²) in [5.74, 6) is -0.451. The number of azo groups is 1. The van der Waals surface area contributed by atoms with Crippen molar-refractivity contribution in [1.29, 1.82) is 0 Å². The summed E-state index contributed by atoms with van der Waals surface area (Å²) in [4.78, 5) is -1.04. The van der Waals surface area contributed by atoms with E-state index in [0.717, 1.165) is 6.07 Å². The number of fused-ring (bicyclic) bond motifs is 1. The van der Waals surface area contributed by atoms with Gasteiger partial charge in [0, 0.05) is 10.8 Å². The molecule has 1 N–H and O–H groups in total. The van der Waals surface area contributed by atoms with Crippen LogP contribution in [-0.4, -0.2) is 31.0 Å². The van der Waals surface area contributed by atoms with Crippen molar-refractivity contribution in [3.05, 3.63) is 53.6 Å². The molecule has 3 rings (SSSR count). The van der Waals surface area contributed by atoms with Crippen LogP contribution in [-0.2, 0) is 20.2 Å². The molecule has 0 radical (unpaired) electrons. The van der Waals surface area contributed by atoms with E-state index in [-0.39, 0.29) is 81.3 Å². The van der Waals surface area contributed by atoms with Crippen molar-refractivity contribution < 1.29 is 90.2 Å². The smallest absolute Gasteiger partial charge is 0.744 e. The van der Waals surface area contributed by atoms with Crippen LogP contribution in [0.15, 0.2) is 62.5 Å². The zero-order valence-corrected chi connectivity index (χ0v) is 22.8. The molecule has 0 bridgehead atoms. The van der Waals surface area contributed by atoms with Crippen LogP contribution in [0.3, 0.4) is 0 Å². The molecule has 0 fully saturated rings. The topological polar surface area (TPSA) is 159 Å². The summed E-state index contributed by atoms with van der Waals surface area (Å²) < 4.78 is 68.8. The molecule has 13 heteroatoms. The Hall–Kier alpha value is -0.860. The third-order valence-corrected chi connectivity index (χ3v) is 5.92. The fraction of sp³-hybridized carbons (Fsp3) is 0.111. The summed E-state index contributed by atoms with van der Waals surface area (Å²) in [6.07, 6.45) is 0. The van der Waals surface area contributed by atoms with Crippen molar-refractivity contribution >= 4 is 42.4 Å². The Morgan fingerprint density at radius 1 is 0.806 bits per heavy atom. The molecule has 9 nitrogen and oxygen atoms in total. The van der Waals surface area contributed by atoms with E-state index >= 15 is 0 Å². The Morgan fingerprint density at radius 3 is 2.00 bits per heavy atom. The average molecular weight is 480 g/mol. The first-order valence-electron chi connectivity index (χ1n) is 8.09. The van der Waals surface area contributed by atoms with Crippen LogP contribution in [0.1, 0.15) is 11.1 Å². The number of aromatic hydroxyl groups is 1. The van der Waals surface area contributed by atoms with Gasteiger partial charge < -0.3 is 14.2 Å². The average Bonchev–Trinajstić information content (AvgIpc) is 2.60. The minimum atomic E-state index is -4.82. The number of hydrogen-bond acceptors (Lipinski definition) is 9. The van der Waals surface area contributed by atoms with E-state index in [1.54, 1.807) is 19.9 Å². The van der Waals surface area contributed by atoms with Crippen molar-refractivity contribution in [2.24, 2.45) is 10.2 Å².